The van der Waals surface area contributed by atoms with E-state index in [-0.39, 0.29) is 12.1 Å². The fourth-order valence-electron chi connectivity index (χ4n) is 2.69. The highest BCUT2D eigenvalue weighted by atomic mass is 32.2. The van der Waals surface area contributed by atoms with E-state index in [9.17, 15) is 30.8 Å². The molecule has 1 saturated carbocycles. The van der Waals surface area contributed by atoms with Crippen LogP contribution in [0.5, 0.6) is 0 Å². The Kier molecular flexibility index (Phi) is 5.91. The molecular formula is C15H18F4N2O3S. The third-order valence-electron chi connectivity index (χ3n) is 3.95. The second-order valence-corrected chi connectivity index (χ2v) is 7.76. The summed E-state index contributed by atoms with van der Waals surface area (Å²) < 4.78 is 74.5. The summed E-state index contributed by atoms with van der Waals surface area (Å²) in [5.41, 5.74) is -6.04. The molecule has 1 fully saturated rings. The first-order valence-corrected chi connectivity index (χ1v) is 9.24. The van der Waals surface area contributed by atoms with E-state index in [1.165, 1.54) is 0 Å². The van der Waals surface area contributed by atoms with E-state index >= 15 is 0 Å². The predicted molar refractivity (Wildman–Crippen MR) is 83.1 cm³/mol. The third-order valence-corrected chi connectivity index (χ3v) is 5.47. The summed E-state index contributed by atoms with van der Waals surface area (Å²) in [6.45, 7) is -0.414. The van der Waals surface area contributed by atoms with Crippen molar-refractivity contribution < 1.29 is 30.8 Å². The molecule has 25 heavy (non-hydrogen) atoms. The van der Waals surface area contributed by atoms with Gasteiger partial charge in [0.15, 0.2) is 0 Å². The van der Waals surface area contributed by atoms with Gasteiger partial charge in [0.25, 0.3) is 9.84 Å². The molecular weight excluding hydrogens is 364 g/mol. The number of rotatable bonds is 5. The fourth-order valence-corrected chi connectivity index (χ4v) is 3.64. The maximum absolute atomic E-state index is 13.2. The summed E-state index contributed by atoms with van der Waals surface area (Å²) in [6, 6.07) is 1.97. The van der Waals surface area contributed by atoms with Gasteiger partial charge in [-0.1, -0.05) is 19.3 Å². The number of alkyl halides is 3. The van der Waals surface area contributed by atoms with Crippen molar-refractivity contribution in [3.63, 3.8) is 0 Å². The lowest BCUT2D eigenvalue weighted by Crippen LogP contribution is -2.39. The van der Waals surface area contributed by atoms with Gasteiger partial charge in [-0.05, 0) is 31.0 Å². The van der Waals surface area contributed by atoms with Crippen molar-refractivity contribution in [2.24, 2.45) is 0 Å². The SMILES string of the molecule is O=C(CNc1ccc(F)cc1S(=O)(=O)C(F)(F)F)NC1CCCCC1. The Morgan fingerprint density at radius 3 is 2.40 bits per heavy atom. The second-order valence-electron chi connectivity index (χ2n) is 5.85. The van der Waals surface area contributed by atoms with Gasteiger partial charge in [-0.15, -0.1) is 0 Å². The number of sulfone groups is 1. The number of hydrogen-bond acceptors (Lipinski definition) is 4. The van der Waals surface area contributed by atoms with Crippen LogP contribution in [0.25, 0.3) is 0 Å². The smallest absolute Gasteiger partial charge is 0.375 e. The van der Waals surface area contributed by atoms with Gasteiger partial charge < -0.3 is 10.6 Å². The van der Waals surface area contributed by atoms with Crippen molar-refractivity contribution in [3.8, 4) is 0 Å². The van der Waals surface area contributed by atoms with Gasteiger partial charge in [0.1, 0.15) is 10.7 Å². The minimum atomic E-state index is -5.74. The Morgan fingerprint density at radius 1 is 1.16 bits per heavy atom. The van der Waals surface area contributed by atoms with Crippen molar-refractivity contribution in [2.45, 2.75) is 48.5 Å². The van der Waals surface area contributed by atoms with Crippen LogP contribution in [0.3, 0.4) is 0 Å². The molecule has 0 bridgehead atoms. The summed E-state index contributed by atoms with van der Waals surface area (Å²) in [7, 11) is -5.74. The van der Waals surface area contributed by atoms with Crippen LogP contribution in [-0.4, -0.2) is 32.4 Å². The molecule has 2 rings (SSSR count). The number of halogens is 4. The zero-order valence-electron chi connectivity index (χ0n) is 13.2. The van der Waals surface area contributed by atoms with Crippen LogP contribution >= 0.6 is 0 Å². The molecule has 2 N–H and O–H groups in total. The molecule has 0 aromatic heterocycles. The Morgan fingerprint density at radius 2 is 1.80 bits per heavy atom. The van der Waals surface area contributed by atoms with E-state index in [2.05, 4.69) is 10.6 Å². The number of hydrogen-bond donors (Lipinski definition) is 2. The van der Waals surface area contributed by atoms with Crippen molar-refractivity contribution in [1.29, 1.82) is 0 Å². The molecule has 0 atom stereocenters. The van der Waals surface area contributed by atoms with Gasteiger partial charge in [0.2, 0.25) is 5.91 Å². The number of anilines is 1. The predicted octanol–water partition coefficient (Wildman–Crippen LogP) is 2.98. The highest BCUT2D eigenvalue weighted by molar-refractivity contribution is 7.92. The Labute approximate surface area is 142 Å². The second kappa shape index (κ2) is 7.59. The number of benzene rings is 1. The highest BCUT2D eigenvalue weighted by Crippen LogP contribution is 2.34. The average Bonchev–Trinajstić information content (AvgIpc) is 2.53. The lowest BCUT2D eigenvalue weighted by molar-refractivity contribution is -0.120. The summed E-state index contributed by atoms with van der Waals surface area (Å²) in [6.07, 6.45) is 4.74. The molecule has 0 heterocycles. The van der Waals surface area contributed by atoms with Gasteiger partial charge in [0, 0.05) is 6.04 Å². The molecule has 1 aromatic rings. The summed E-state index contributed by atoms with van der Waals surface area (Å²) >= 11 is 0. The maximum atomic E-state index is 13.2. The molecule has 0 unspecified atom stereocenters. The van der Waals surface area contributed by atoms with E-state index < -0.39 is 44.2 Å². The normalized spacial score (nSPS) is 16.5. The Balaban J connectivity index is 2.10. The third kappa shape index (κ3) is 4.83. The summed E-state index contributed by atoms with van der Waals surface area (Å²) in [5.74, 6) is -1.59. The number of amides is 1. The molecule has 1 aliphatic carbocycles. The zero-order chi connectivity index (χ0) is 18.7. The van der Waals surface area contributed by atoms with Crippen molar-refractivity contribution >= 4 is 21.4 Å². The number of nitrogens with one attached hydrogen (secondary N) is 2. The number of carbonyl (C=O) groups excluding carboxylic acids is 1. The summed E-state index contributed by atoms with van der Waals surface area (Å²) in [4.78, 5) is 10.6. The standard InChI is InChI=1S/C15H18F4N2O3S/c16-10-6-7-12(13(8-10)25(23,24)15(17,18)19)20-9-14(22)21-11-4-2-1-3-5-11/h6-8,11,20H,1-5,9H2,(H,21,22). The molecule has 5 nitrogen and oxygen atoms in total. The maximum Gasteiger partial charge on any atom is 0.501 e. The minimum absolute atomic E-state index is 0.00893. The fraction of sp³-hybridized carbons (Fsp3) is 0.533. The minimum Gasteiger partial charge on any atom is -0.375 e. The first-order valence-electron chi connectivity index (χ1n) is 7.75. The van der Waals surface area contributed by atoms with Crippen LogP contribution in [0.2, 0.25) is 0 Å². The molecule has 0 spiro atoms. The largest absolute Gasteiger partial charge is 0.501 e. The lowest BCUT2D eigenvalue weighted by atomic mass is 9.95. The molecule has 0 saturated heterocycles. The van der Waals surface area contributed by atoms with E-state index in [0.29, 0.717) is 0 Å². The van der Waals surface area contributed by atoms with Crippen molar-refractivity contribution in [3.05, 3.63) is 24.0 Å². The van der Waals surface area contributed by atoms with Crippen molar-refractivity contribution in [2.75, 3.05) is 11.9 Å². The molecule has 1 aliphatic rings. The summed E-state index contributed by atoms with van der Waals surface area (Å²) in [5, 5.41) is 5.09. The van der Waals surface area contributed by atoms with E-state index in [0.717, 1.165) is 44.2 Å². The molecule has 10 heteroatoms. The first kappa shape index (κ1) is 19.5. The number of carbonyl (C=O) groups is 1. The van der Waals surface area contributed by atoms with Gasteiger partial charge in [-0.2, -0.15) is 13.2 Å². The molecule has 140 valence electrons. The van der Waals surface area contributed by atoms with Gasteiger partial charge in [-0.25, -0.2) is 12.8 Å². The molecule has 1 aromatic carbocycles. The van der Waals surface area contributed by atoms with Crippen LogP contribution in [0, 0.1) is 5.82 Å². The van der Waals surface area contributed by atoms with E-state index in [1.54, 1.807) is 0 Å². The Hall–Kier alpha value is -1.84. The van der Waals surface area contributed by atoms with Crippen molar-refractivity contribution in [1.82, 2.24) is 5.32 Å². The Bertz CT molecular complexity index is 729. The van der Waals surface area contributed by atoms with Crippen LogP contribution in [0.1, 0.15) is 32.1 Å². The topological polar surface area (TPSA) is 75.3 Å². The molecule has 0 radical (unpaired) electrons. The van der Waals surface area contributed by atoms with Gasteiger partial charge >= 0.3 is 5.51 Å². The molecule has 1 amide bonds. The van der Waals surface area contributed by atoms with Crippen LogP contribution in [0.4, 0.5) is 23.2 Å². The van der Waals surface area contributed by atoms with E-state index in [4.69, 9.17) is 0 Å². The quantitative estimate of drug-likeness (QED) is 0.768. The van der Waals surface area contributed by atoms with Gasteiger partial charge in [0.05, 0.1) is 12.2 Å². The molecule has 0 aliphatic heterocycles. The van der Waals surface area contributed by atoms with E-state index in [1.807, 2.05) is 0 Å². The van der Waals surface area contributed by atoms with Crippen LogP contribution in [0.15, 0.2) is 23.1 Å². The van der Waals surface area contributed by atoms with Gasteiger partial charge in [-0.3, -0.25) is 4.79 Å². The zero-order valence-corrected chi connectivity index (χ0v) is 14.0. The monoisotopic (exact) mass is 382 g/mol. The van der Waals surface area contributed by atoms with Crippen LogP contribution in [-0.2, 0) is 14.6 Å². The first-order chi connectivity index (χ1) is 11.6. The average molecular weight is 382 g/mol. The van der Waals surface area contributed by atoms with Crippen LogP contribution < -0.4 is 10.6 Å². The highest BCUT2D eigenvalue weighted by Gasteiger charge is 2.48. The lowest BCUT2D eigenvalue weighted by Gasteiger charge is -2.23.